The normalized spacial score (nSPS) is 27.3. The van der Waals surface area contributed by atoms with E-state index in [0.717, 1.165) is 57.4 Å². The highest BCUT2D eigenvalue weighted by Crippen LogP contribution is 2.42. The zero-order valence-corrected chi connectivity index (χ0v) is 15.2. The third-order valence-corrected chi connectivity index (χ3v) is 6.45. The largest absolute Gasteiger partial charge is 0.477 e. The Balaban J connectivity index is 1.53. The number of pyridine rings is 1. The quantitative estimate of drug-likeness (QED) is 0.900. The average molecular weight is 357 g/mol. The molecule has 0 unspecified atom stereocenters. The molecule has 0 bridgehead atoms. The Morgan fingerprint density at radius 1 is 1.19 bits per heavy atom. The van der Waals surface area contributed by atoms with Gasteiger partial charge in [0.05, 0.1) is 0 Å². The van der Waals surface area contributed by atoms with E-state index in [1.807, 2.05) is 6.07 Å². The van der Waals surface area contributed by atoms with Gasteiger partial charge in [-0.3, -0.25) is 4.79 Å². The number of carboxylic acids is 1. The van der Waals surface area contributed by atoms with Gasteiger partial charge in [0.25, 0.3) is 0 Å². The van der Waals surface area contributed by atoms with Crippen LogP contribution in [0.4, 0.5) is 5.69 Å². The smallest absolute Gasteiger partial charge is 0.354 e. The van der Waals surface area contributed by atoms with Crippen LogP contribution in [-0.4, -0.2) is 52.5 Å². The highest BCUT2D eigenvalue weighted by molar-refractivity contribution is 5.86. The average Bonchev–Trinajstić information content (AvgIpc) is 3.19. The van der Waals surface area contributed by atoms with E-state index in [-0.39, 0.29) is 11.1 Å². The van der Waals surface area contributed by atoms with Crippen LogP contribution < -0.4 is 4.90 Å². The third kappa shape index (κ3) is 3.29. The number of carbonyl (C=O) groups excluding carboxylic acids is 1. The summed E-state index contributed by atoms with van der Waals surface area (Å²) in [6.07, 6.45) is 10.2. The van der Waals surface area contributed by atoms with Crippen molar-refractivity contribution in [2.24, 2.45) is 5.41 Å². The van der Waals surface area contributed by atoms with Gasteiger partial charge >= 0.3 is 5.97 Å². The molecule has 2 saturated heterocycles. The summed E-state index contributed by atoms with van der Waals surface area (Å²) < 4.78 is 0. The zero-order valence-electron chi connectivity index (χ0n) is 15.2. The maximum absolute atomic E-state index is 12.5. The number of hydrogen-bond donors (Lipinski definition) is 1. The fourth-order valence-electron chi connectivity index (χ4n) is 5.09. The second-order valence-corrected chi connectivity index (χ2v) is 8.19. The molecule has 4 rings (SSSR count). The van der Waals surface area contributed by atoms with E-state index in [0.29, 0.717) is 18.4 Å². The van der Waals surface area contributed by atoms with Gasteiger partial charge in [0, 0.05) is 49.4 Å². The van der Waals surface area contributed by atoms with Crippen molar-refractivity contribution in [1.29, 1.82) is 0 Å². The van der Waals surface area contributed by atoms with Crippen LogP contribution in [0, 0.1) is 5.41 Å². The molecular formula is C20H27N3O3. The van der Waals surface area contributed by atoms with Crippen molar-refractivity contribution in [1.82, 2.24) is 9.88 Å². The number of nitrogens with zero attached hydrogens (tertiary/aromatic N) is 3. The van der Waals surface area contributed by atoms with Crippen molar-refractivity contribution in [3.05, 3.63) is 24.0 Å². The third-order valence-electron chi connectivity index (χ3n) is 6.45. The number of anilines is 1. The van der Waals surface area contributed by atoms with Crippen molar-refractivity contribution >= 4 is 17.6 Å². The molecule has 3 fully saturated rings. The Morgan fingerprint density at radius 3 is 2.77 bits per heavy atom. The summed E-state index contributed by atoms with van der Waals surface area (Å²) >= 11 is 0. The summed E-state index contributed by atoms with van der Waals surface area (Å²) in [7, 11) is 0. The van der Waals surface area contributed by atoms with Crippen LogP contribution in [-0.2, 0) is 4.79 Å². The lowest BCUT2D eigenvalue weighted by molar-refractivity contribution is -0.140. The number of hydrogen-bond acceptors (Lipinski definition) is 4. The van der Waals surface area contributed by atoms with Crippen molar-refractivity contribution in [3.8, 4) is 0 Å². The van der Waals surface area contributed by atoms with Gasteiger partial charge in [0.15, 0.2) is 0 Å². The molecule has 0 aromatic carbocycles. The monoisotopic (exact) mass is 357 g/mol. The first-order valence-corrected chi connectivity index (χ1v) is 9.80. The van der Waals surface area contributed by atoms with E-state index >= 15 is 0 Å². The molecule has 26 heavy (non-hydrogen) atoms. The summed E-state index contributed by atoms with van der Waals surface area (Å²) in [4.78, 5) is 32.1. The summed E-state index contributed by atoms with van der Waals surface area (Å²) in [5, 5.41) is 9.21. The molecule has 1 amide bonds. The van der Waals surface area contributed by atoms with Gasteiger partial charge < -0.3 is 14.9 Å². The molecular weight excluding hydrogens is 330 g/mol. The molecule has 6 nitrogen and oxygen atoms in total. The molecule has 1 aromatic heterocycles. The SMILES string of the molecule is O=C(O)c1cc(N2CCC[C@]3(CCC(=O)N(C4CCCC4)C3)C2)ccn1. The maximum atomic E-state index is 12.5. The van der Waals surface area contributed by atoms with Crippen LogP contribution in [0.25, 0.3) is 0 Å². The van der Waals surface area contributed by atoms with E-state index in [2.05, 4.69) is 14.8 Å². The number of carbonyl (C=O) groups is 2. The Bertz CT molecular complexity index is 701. The number of piperidine rings is 2. The highest BCUT2D eigenvalue weighted by atomic mass is 16.4. The Labute approximate surface area is 154 Å². The predicted molar refractivity (Wildman–Crippen MR) is 98.3 cm³/mol. The molecule has 3 heterocycles. The first kappa shape index (κ1) is 17.3. The summed E-state index contributed by atoms with van der Waals surface area (Å²) in [6, 6.07) is 4.01. The number of amides is 1. The fourth-order valence-corrected chi connectivity index (χ4v) is 5.09. The lowest BCUT2D eigenvalue weighted by atomic mass is 9.73. The Morgan fingerprint density at radius 2 is 2.00 bits per heavy atom. The molecule has 1 atom stereocenters. The van der Waals surface area contributed by atoms with Crippen LogP contribution in [0.2, 0.25) is 0 Å². The zero-order chi connectivity index (χ0) is 18.1. The maximum Gasteiger partial charge on any atom is 0.354 e. The van der Waals surface area contributed by atoms with Gasteiger partial charge in [-0.1, -0.05) is 12.8 Å². The van der Waals surface area contributed by atoms with Crippen molar-refractivity contribution in [2.45, 2.75) is 57.4 Å². The van der Waals surface area contributed by atoms with Gasteiger partial charge in [-0.2, -0.15) is 0 Å². The van der Waals surface area contributed by atoms with Crippen LogP contribution in [0.1, 0.15) is 61.9 Å². The van der Waals surface area contributed by atoms with Gasteiger partial charge in [0.1, 0.15) is 5.69 Å². The number of aromatic nitrogens is 1. The Hall–Kier alpha value is -2.11. The van der Waals surface area contributed by atoms with E-state index in [4.69, 9.17) is 0 Å². The number of carboxylic acid groups (broad SMARTS) is 1. The van der Waals surface area contributed by atoms with Gasteiger partial charge in [0.2, 0.25) is 5.91 Å². The summed E-state index contributed by atoms with van der Waals surface area (Å²) in [5.74, 6) is -0.661. The first-order chi connectivity index (χ1) is 12.6. The number of rotatable bonds is 3. The predicted octanol–water partition coefficient (Wildman–Crippen LogP) is 2.93. The van der Waals surface area contributed by atoms with Crippen molar-refractivity contribution in [2.75, 3.05) is 24.5 Å². The molecule has 140 valence electrons. The van der Waals surface area contributed by atoms with Crippen LogP contribution in [0.15, 0.2) is 18.3 Å². The van der Waals surface area contributed by atoms with Gasteiger partial charge in [-0.05, 0) is 44.2 Å². The molecule has 2 aliphatic heterocycles. The van der Waals surface area contributed by atoms with Crippen LogP contribution in [0.3, 0.4) is 0 Å². The lowest BCUT2D eigenvalue weighted by Gasteiger charge is -2.50. The second kappa shape index (κ2) is 6.89. The van der Waals surface area contributed by atoms with Crippen molar-refractivity contribution < 1.29 is 14.7 Å². The molecule has 1 N–H and O–H groups in total. The molecule has 1 saturated carbocycles. The van der Waals surface area contributed by atoms with Gasteiger partial charge in [-0.25, -0.2) is 9.78 Å². The number of likely N-dealkylation sites (tertiary alicyclic amines) is 1. The lowest BCUT2D eigenvalue weighted by Crippen LogP contribution is -2.56. The summed E-state index contributed by atoms with van der Waals surface area (Å²) in [5.41, 5.74) is 1.16. The summed E-state index contributed by atoms with van der Waals surface area (Å²) in [6.45, 7) is 2.69. The Kier molecular flexibility index (Phi) is 4.59. The molecule has 1 aromatic rings. The topological polar surface area (TPSA) is 73.7 Å². The van der Waals surface area contributed by atoms with Gasteiger partial charge in [-0.15, -0.1) is 0 Å². The van der Waals surface area contributed by atoms with E-state index in [9.17, 15) is 14.7 Å². The molecule has 0 radical (unpaired) electrons. The minimum atomic E-state index is -0.991. The van der Waals surface area contributed by atoms with E-state index in [1.165, 1.54) is 12.8 Å². The molecule has 1 spiro atoms. The standard InChI is InChI=1S/C20H27N3O3/c24-18-6-9-20(14-23(18)15-4-1-2-5-15)8-3-11-22(13-20)16-7-10-21-17(12-16)19(25)26/h7,10,12,15H,1-6,8-9,11,13-14H2,(H,25,26)/t20-/m0/s1. The minimum absolute atomic E-state index is 0.0912. The molecule has 1 aliphatic carbocycles. The fraction of sp³-hybridized carbons (Fsp3) is 0.650. The van der Waals surface area contributed by atoms with E-state index in [1.54, 1.807) is 12.3 Å². The molecule has 6 heteroatoms. The van der Waals surface area contributed by atoms with Crippen LogP contribution in [0.5, 0.6) is 0 Å². The van der Waals surface area contributed by atoms with Crippen molar-refractivity contribution in [3.63, 3.8) is 0 Å². The van der Waals surface area contributed by atoms with E-state index < -0.39 is 5.97 Å². The highest BCUT2D eigenvalue weighted by Gasteiger charge is 2.44. The molecule has 3 aliphatic rings. The minimum Gasteiger partial charge on any atom is -0.477 e. The second-order valence-electron chi connectivity index (χ2n) is 8.19. The number of aromatic carboxylic acids is 1. The van der Waals surface area contributed by atoms with Crippen LogP contribution >= 0.6 is 0 Å². The first-order valence-electron chi connectivity index (χ1n) is 9.80.